The number of nitro groups is 1. The zero-order valence-corrected chi connectivity index (χ0v) is 19.6. The van der Waals surface area contributed by atoms with E-state index in [2.05, 4.69) is 5.32 Å². The van der Waals surface area contributed by atoms with Crippen LogP contribution < -0.4 is 14.8 Å². The van der Waals surface area contributed by atoms with E-state index in [9.17, 15) is 19.7 Å². The van der Waals surface area contributed by atoms with Crippen LogP contribution in [0.25, 0.3) is 0 Å². The van der Waals surface area contributed by atoms with Crippen molar-refractivity contribution < 1.29 is 24.0 Å². The topological polar surface area (TPSA) is 111 Å². The van der Waals surface area contributed by atoms with Crippen LogP contribution in [0, 0.1) is 10.1 Å². The molecule has 2 rings (SSSR count). The highest BCUT2D eigenvalue weighted by Crippen LogP contribution is 2.30. The van der Waals surface area contributed by atoms with Crippen molar-refractivity contribution >= 4 is 29.1 Å². The Morgan fingerprint density at radius 2 is 1.88 bits per heavy atom. The van der Waals surface area contributed by atoms with Gasteiger partial charge in [0.15, 0.2) is 6.61 Å². The van der Waals surface area contributed by atoms with E-state index >= 15 is 0 Å². The van der Waals surface area contributed by atoms with Crippen molar-refractivity contribution in [2.75, 3.05) is 20.3 Å². The third-order valence-corrected chi connectivity index (χ3v) is 5.16. The Bertz CT molecular complexity index is 967. The largest absolute Gasteiger partial charge is 0.490 e. The van der Waals surface area contributed by atoms with Gasteiger partial charge in [-0.3, -0.25) is 19.7 Å². The summed E-state index contributed by atoms with van der Waals surface area (Å²) in [6, 6.07) is 10.3. The fourth-order valence-electron chi connectivity index (χ4n) is 3.20. The van der Waals surface area contributed by atoms with Crippen LogP contribution in [-0.4, -0.2) is 47.9 Å². The van der Waals surface area contributed by atoms with E-state index in [0.29, 0.717) is 18.0 Å². The second-order valence-electron chi connectivity index (χ2n) is 7.24. The van der Waals surface area contributed by atoms with Crippen LogP contribution in [0.2, 0.25) is 5.02 Å². The molecule has 0 aliphatic rings. The number of carbonyl (C=O) groups excluding carboxylic acids is 2. The molecule has 1 N–H and O–H groups in total. The average molecular weight is 478 g/mol. The van der Waals surface area contributed by atoms with E-state index in [0.717, 1.165) is 12.0 Å². The molecule has 178 valence electrons. The van der Waals surface area contributed by atoms with Gasteiger partial charge in [-0.1, -0.05) is 37.6 Å². The molecule has 10 heteroatoms. The molecule has 1 atom stereocenters. The maximum atomic E-state index is 13.2. The Morgan fingerprint density at radius 1 is 1.18 bits per heavy atom. The number of ether oxygens (including phenoxy) is 2. The number of carbonyl (C=O) groups is 2. The standard InChI is InChI=1S/C23H28ClN3O6/c1-4-12-25-23(29)19(5-2)26(14-16-6-8-17(24)9-7-16)22(28)15-33-18-10-11-20(27(30)31)21(13-18)32-3/h6-11,13,19H,4-5,12,14-15H2,1-3H3,(H,25,29). The number of rotatable bonds is 12. The van der Waals surface area contributed by atoms with Crippen molar-refractivity contribution in [2.24, 2.45) is 0 Å². The number of nitrogens with one attached hydrogen (secondary N) is 1. The number of nitrogens with zero attached hydrogens (tertiary/aromatic N) is 2. The Morgan fingerprint density at radius 3 is 2.45 bits per heavy atom. The fourth-order valence-corrected chi connectivity index (χ4v) is 3.32. The molecule has 0 fully saturated rings. The minimum absolute atomic E-state index is 0.0216. The zero-order chi connectivity index (χ0) is 24.4. The van der Waals surface area contributed by atoms with Crippen LogP contribution in [0.5, 0.6) is 11.5 Å². The molecule has 0 saturated carbocycles. The van der Waals surface area contributed by atoms with Crippen LogP contribution in [0.1, 0.15) is 32.3 Å². The van der Waals surface area contributed by atoms with Gasteiger partial charge in [-0.05, 0) is 36.6 Å². The van der Waals surface area contributed by atoms with Gasteiger partial charge in [0, 0.05) is 30.2 Å². The molecule has 0 spiro atoms. The van der Waals surface area contributed by atoms with Gasteiger partial charge in [0.05, 0.1) is 12.0 Å². The Balaban J connectivity index is 2.22. The summed E-state index contributed by atoms with van der Waals surface area (Å²) in [7, 11) is 1.31. The summed E-state index contributed by atoms with van der Waals surface area (Å²) in [5.41, 5.74) is 0.602. The van der Waals surface area contributed by atoms with Gasteiger partial charge in [-0.2, -0.15) is 0 Å². The van der Waals surface area contributed by atoms with E-state index in [1.807, 2.05) is 13.8 Å². The van der Waals surface area contributed by atoms with Crippen LogP contribution in [0.15, 0.2) is 42.5 Å². The molecule has 0 aliphatic heterocycles. The fraction of sp³-hybridized carbons (Fsp3) is 0.391. The summed E-state index contributed by atoms with van der Waals surface area (Å²) in [5.74, 6) is -0.381. The minimum Gasteiger partial charge on any atom is -0.490 e. The first-order valence-corrected chi connectivity index (χ1v) is 10.9. The molecule has 33 heavy (non-hydrogen) atoms. The molecule has 9 nitrogen and oxygen atoms in total. The predicted octanol–water partition coefficient (Wildman–Crippen LogP) is 3.97. The lowest BCUT2D eigenvalue weighted by Gasteiger charge is -2.30. The lowest BCUT2D eigenvalue weighted by atomic mass is 10.1. The molecule has 2 aromatic carbocycles. The predicted molar refractivity (Wildman–Crippen MR) is 125 cm³/mol. The van der Waals surface area contributed by atoms with E-state index in [4.69, 9.17) is 21.1 Å². The third kappa shape index (κ3) is 7.35. The molecule has 0 heterocycles. The molecule has 2 aromatic rings. The molecular weight excluding hydrogens is 450 g/mol. The van der Waals surface area contributed by atoms with Crippen molar-refractivity contribution in [2.45, 2.75) is 39.3 Å². The summed E-state index contributed by atoms with van der Waals surface area (Å²) < 4.78 is 10.6. The molecule has 0 bridgehead atoms. The summed E-state index contributed by atoms with van der Waals surface area (Å²) in [6.07, 6.45) is 1.19. The van der Waals surface area contributed by atoms with Gasteiger partial charge in [0.2, 0.25) is 11.7 Å². The molecule has 0 saturated heterocycles. The Kier molecular flexibility index (Phi) is 9.93. The van der Waals surface area contributed by atoms with Gasteiger partial charge in [0.25, 0.3) is 5.91 Å². The number of amides is 2. The smallest absolute Gasteiger partial charge is 0.311 e. The summed E-state index contributed by atoms with van der Waals surface area (Å²) in [4.78, 5) is 37.9. The lowest BCUT2D eigenvalue weighted by molar-refractivity contribution is -0.385. The molecule has 2 amide bonds. The summed E-state index contributed by atoms with van der Waals surface area (Å²) >= 11 is 5.96. The first kappa shape index (κ1) is 25.9. The third-order valence-electron chi connectivity index (χ3n) is 4.91. The number of hydrogen-bond acceptors (Lipinski definition) is 6. The van der Waals surface area contributed by atoms with Gasteiger partial charge in [-0.25, -0.2) is 0 Å². The second kappa shape index (κ2) is 12.6. The quantitative estimate of drug-likeness (QED) is 0.365. The highest BCUT2D eigenvalue weighted by molar-refractivity contribution is 6.30. The van der Waals surface area contributed by atoms with Crippen LogP contribution in [-0.2, 0) is 16.1 Å². The van der Waals surface area contributed by atoms with E-state index in [1.165, 1.54) is 30.2 Å². The highest BCUT2D eigenvalue weighted by atomic mass is 35.5. The maximum Gasteiger partial charge on any atom is 0.311 e. The van der Waals surface area contributed by atoms with Crippen molar-refractivity contribution in [1.82, 2.24) is 10.2 Å². The van der Waals surface area contributed by atoms with Crippen LogP contribution >= 0.6 is 11.6 Å². The minimum atomic E-state index is -0.685. The first-order valence-electron chi connectivity index (χ1n) is 10.6. The number of nitro benzene ring substituents is 1. The number of hydrogen-bond donors (Lipinski definition) is 1. The van der Waals surface area contributed by atoms with Crippen LogP contribution in [0.3, 0.4) is 0 Å². The van der Waals surface area contributed by atoms with Crippen molar-refractivity contribution in [3.8, 4) is 11.5 Å². The van der Waals surface area contributed by atoms with Gasteiger partial charge in [0.1, 0.15) is 11.8 Å². The van der Waals surface area contributed by atoms with Crippen LogP contribution in [0.4, 0.5) is 5.69 Å². The molecular formula is C23H28ClN3O6. The maximum absolute atomic E-state index is 13.2. The number of halogens is 1. The Labute approximate surface area is 197 Å². The number of benzene rings is 2. The highest BCUT2D eigenvalue weighted by Gasteiger charge is 2.29. The Hall–Kier alpha value is -3.33. The second-order valence-corrected chi connectivity index (χ2v) is 7.68. The zero-order valence-electron chi connectivity index (χ0n) is 18.9. The SMILES string of the molecule is CCCNC(=O)C(CC)N(Cc1ccc(Cl)cc1)C(=O)COc1ccc([N+](=O)[O-])c(OC)c1. The van der Waals surface area contributed by atoms with Crippen molar-refractivity contribution in [3.05, 3.63) is 63.2 Å². The average Bonchev–Trinajstić information content (AvgIpc) is 2.81. The van der Waals surface area contributed by atoms with E-state index in [1.54, 1.807) is 24.3 Å². The van der Waals surface area contributed by atoms with Crippen molar-refractivity contribution in [3.63, 3.8) is 0 Å². The summed E-state index contributed by atoms with van der Waals surface area (Å²) in [5, 5.41) is 14.5. The normalized spacial score (nSPS) is 11.4. The van der Waals surface area contributed by atoms with Crippen molar-refractivity contribution in [1.29, 1.82) is 0 Å². The molecule has 1 unspecified atom stereocenters. The van der Waals surface area contributed by atoms with Gasteiger partial charge in [-0.15, -0.1) is 0 Å². The van der Waals surface area contributed by atoms with Gasteiger partial charge >= 0.3 is 5.69 Å². The number of methoxy groups -OCH3 is 1. The molecule has 0 aromatic heterocycles. The van der Waals surface area contributed by atoms with E-state index < -0.39 is 16.9 Å². The molecule has 0 aliphatic carbocycles. The van der Waals surface area contributed by atoms with Gasteiger partial charge < -0.3 is 19.7 Å². The summed E-state index contributed by atoms with van der Waals surface area (Å²) in [6.45, 7) is 4.13. The first-order chi connectivity index (χ1) is 15.8. The van der Waals surface area contributed by atoms with E-state index in [-0.39, 0.29) is 36.2 Å². The molecule has 0 radical (unpaired) electrons. The lowest BCUT2D eigenvalue weighted by Crippen LogP contribution is -2.50. The monoisotopic (exact) mass is 477 g/mol.